The van der Waals surface area contributed by atoms with Crippen LogP contribution in [0.15, 0.2) is 97.2 Å². The van der Waals surface area contributed by atoms with E-state index in [1.165, 1.54) is 5.56 Å². The van der Waals surface area contributed by atoms with Crippen molar-refractivity contribution >= 4 is 16.9 Å². The second-order valence-corrected chi connectivity index (χ2v) is 7.54. The second kappa shape index (κ2) is 7.95. The van der Waals surface area contributed by atoms with E-state index in [9.17, 15) is 9.90 Å². The van der Waals surface area contributed by atoms with Crippen molar-refractivity contribution in [1.29, 1.82) is 0 Å². The fourth-order valence-electron chi connectivity index (χ4n) is 3.96. The smallest absolute Gasteiger partial charge is 0.354 e. The van der Waals surface area contributed by atoms with Crippen LogP contribution in [0.1, 0.15) is 21.6 Å². The number of carboxylic acid groups (broad SMARTS) is 1. The van der Waals surface area contributed by atoms with E-state index in [1.54, 1.807) is 10.7 Å². The summed E-state index contributed by atoms with van der Waals surface area (Å²) in [5, 5.41) is 15.5. The molecule has 0 saturated carbocycles. The third-order valence-electron chi connectivity index (χ3n) is 5.43. The maximum atomic E-state index is 11.9. The Hall–Kier alpha value is -4.12. The number of hydrogen-bond donors (Lipinski definition) is 1. The minimum absolute atomic E-state index is 0.179. The van der Waals surface area contributed by atoms with E-state index >= 15 is 0 Å². The molecule has 152 valence electrons. The lowest BCUT2D eigenvalue weighted by Gasteiger charge is -2.05. The number of carbonyl (C=O) groups is 1. The number of nitrogens with zero attached hydrogens (tertiary/aromatic N) is 3. The van der Waals surface area contributed by atoms with Gasteiger partial charge in [-0.1, -0.05) is 78.9 Å². The fourth-order valence-corrected chi connectivity index (χ4v) is 3.96. The molecule has 0 fully saturated rings. The van der Waals surface area contributed by atoms with Crippen molar-refractivity contribution in [2.24, 2.45) is 0 Å². The van der Waals surface area contributed by atoms with E-state index in [-0.39, 0.29) is 5.69 Å². The molecule has 0 aliphatic carbocycles. The van der Waals surface area contributed by atoms with Crippen LogP contribution in [0, 0.1) is 0 Å². The number of aromatic carboxylic acids is 1. The summed E-state index contributed by atoms with van der Waals surface area (Å²) < 4.78 is 3.76. The minimum Gasteiger partial charge on any atom is -0.477 e. The molecule has 0 aliphatic heterocycles. The van der Waals surface area contributed by atoms with Gasteiger partial charge in [0, 0.05) is 29.2 Å². The molecule has 0 atom stereocenters. The lowest BCUT2D eigenvalue weighted by Crippen LogP contribution is -2.10. The Bertz CT molecular complexity index is 1350. The van der Waals surface area contributed by atoms with E-state index in [0.29, 0.717) is 12.2 Å². The molecule has 0 bridgehead atoms. The van der Waals surface area contributed by atoms with Gasteiger partial charge in [-0.25, -0.2) is 4.79 Å². The Kier molecular flexibility index (Phi) is 4.84. The number of rotatable bonds is 6. The molecule has 5 aromatic rings. The van der Waals surface area contributed by atoms with E-state index in [0.717, 1.165) is 28.6 Å². The number of para-hydroxylation sites is 1. The first-order chi connectivity index (χ1) is 15.2. The quantitative estimate of drug-likeness (QED) is 0.415. The van der Waals surface area contributed by atoms with Crippen LogP contribution in [-0.2, 0) is 13.1 Å². The SMILES string of the molecule is O=C(O)c1cc(-c2cn(Cc3ccccc3)c3ccccc23)nn1Cc1ccccc1. The Balaban J connectivity index is 1.59. The lowest BCUT2D eigenvalue weighted by molar-refractivity contribution is 0.0684. The summed E-state index contributed by atoms with van der Waals surface area (Å²) in [6, 6.07) is 29.9. The van der Waals surface area contributed by atoms with Gasteiger partial charge in [0.05, 0.1) is 12.2 Å². The van der Waals surface area contributed by atoms with Gasteiger partial charge in [0.25, 0.3) is 0 Å². The highest BCUT2D eigenvalue weighted by atomic mass is 16.4. The predicted octanol–water partition coefficient (Wildman–Crippen LogP) is 5.30. The molecule has 5 heteroatoms. The summed E-state index contributed by atoms with van der Waals surface area (Å²) in [5.41, 5.74) is 5.08. The Morgan fingerprint density at radius 3 is 2.10 bits per heavy atom. The maximum absolute atomic E-state index is 11.9. The molecule has 2 heterocycles. The number of aromatic nitrogens is 3. The minimum atomic E-state index is -0.984. The lowest BCUT2D eigenvalue weighted by atomic mass is 10.1. The molecule has 0 amide bonds. The van der Waals surface area contributed by atoms with E-state index in [1.807, 2.05) is 60.7 Å². The third kappa shape index (κ3) is 3.73. The first-order valence-electron chi connectivity index (χ1n) is 10.2. The van der Waals surface area contributed by atoms with Gasteiger partial charge in [0.1, 0.15) is 5.69 Å². The predicted molar refractivity (Wildman–Crippen MR) is 121 cm³/mol. The highest BCUT2D eigenvalue weighted by Crippen LogP contribution is 2.31. The average Bonchev–Trinajstić information content (AvgIpc) is 3.37. The van der Waals surface area contributed by atoms with Gasteiger partial charge in [-0.3, -0.25) is 4.68 Å². The van der Waals surface area contributed by atoms with Crippen LogP contribution < -0.4 is 0 Å². The normalized spacial score (nSPS) is 11.1. The van der Waals surface area contributed by atoms with Crippen molar-refractivity contribution in [3.8, 4) is 11.3 Å². The first kappa shape index (κ1) is 18.9. The van der Waals surface area contributed by atoms with Crippen molar-refractivity contribution in [2.75, 3.05) is 0 Å². The zero-order valence-electron chi connectivity index (χ0n) is 16.8. The molecule has 0 aliphatic rings. The number of carboxylic acids is 1. The van der Waals surface area contributed by atoms with Gasteiger partial charge in [-0.15, -0.1) is 0 Å². The highest BCUT2D eigenvalue weighted by molar-refractivity contribution is 5.96. The van der Waals surface area contributed by atoms with Gasteiger partial charge in [-0.05, 0) is 23.3 Å². The van der Waals surface area contributed by atoms with Crippen molar-refractivity contribution in [3.63, 3.8) is 0 Å². The molecule has 0 radical (unpaired) electrons. The number of hydrogen-bond acceptors (Lipinski definition) is 2. The van der Waals surface area contributed by atoms with Crippen LogP contribution in [0.3, 0.4) is 0 Å². The summed E-state index contributed by atoms with van der Waals surface area (Å²) in [4.78, 5) is 11.9. The van der Waals surface area contributed by atoms with E-state index < -0.39 is 5.97 Å². The van der Waals surface area contributed by atoms with Crippen molar-refractivity contribution in [1.82, 2.24) is 14.3 Å². The van der Waals surface area contributed by atoms with E-state index in [4.69, 9.17) is 0 Å². The summed E-state index contributed by atoms with van der Waals surface area (Å²) in [6.07, 6.45) is 2.07. The van der Waals surface area contributed by atoms with Crippen LogP contribution in [-0.4, -0.2) is 25.4 Å². The van der Waals surface area contributed by atoms with Gasteiger partial charge >= 0.3 is 5.97 Å². The molecule has 0 saturated heterocycles. The Morgan fingerprint density at radius 2 is 1.42 bits per heavy atom. The van der Waals surface area contributed by atoms with Gasteiger partial charge in [-0.2, -0.15) is 5.10 Å². The summed E-state index contributed by atoms with van der Waals surface area (Å²) in [7, 11) is 0. The molecule has 0 unspecified atom stereocenters. The first-order valence-corrected chi connectivity index (χ1v) is 10.2. The fraction of sp³-hybridized carbons (Fsp3) is 0.0769. The molecule has 5 rings (SSSR count). The van der Waals surface area contributed by atoms with Gasteiger partial charge < -0.3 is 9.67 Å². The van der Waals surface area contributed by atoms with Crippen LogP contribution in [0.5, 0.6) is 0 Å². The van der Waals surface area contributed by atoms with E-state index in [2.05, 4.69) is 40.1 Å². The van der Waals surface area contributed by atoms with Gasteiger partial charge in [0.2, 0.25) is 0 Å². The van der Waals surface area contributed by atoms with Crippen LogP contribution in [0.25, 0.3) is 22.2 Å². The molecule has 2 aromatic heterocycles. The molecular formula is C26H21N3O2. The molecule has 31 heavy (non-hydrogen) atoms. The Labute approximate surface area is 179 Å². The zero-order valence-corrected chi connectivity index (χ0v) is 16.8. The molecular weight excluding hydrogens is 386 g/mol. The summed E-state index contributed by atoms with van der Waals surface area (Å²) in [5.74, 6) is -0.984. The molecule has 0 spiro atoms. The van der Waals surface area contributed by atoms with Crippen molar-refractivity contribution < 1.29 is 9.90 Å². The molecule has 1 N–H and O–H groups in total. The summed E-state index contributed by atoms with van der Waals surface area (Å²) >= 11 is 0. The van der Waals surface area contributed by atoms with Crippen molar-refractivity contribution in [2.45, 2.75) is 13.1 Å². The van der Waals surface area contributed by atoms with Crippen LogP contribution >= 0.6 is 0 Å². The molecule has 5 nitrogen and oxygen atoms in total. The largest absolute Gasteiger partial charge is 0.477 e. The maximum Gasteiger partial charge on any atom is 0.354 e. The van der Waals surface area contributed by atoms with Gasteiger partial charge in [0.15, 0.2) is 0 Å². The summed E-state index contributed by atoms with van der Waals surface area (Å²) in [6.45, 7) is 1.14. The van der Waals surface area contributed by atoms with Crippen LogP contribution in [0.2, 0.25) is 0 Å². The zero-order chi connectivity index (χ0) is 21.2. The van der Waals surface area contributed by atoms with Crippen molar-refractivity contribution in [3.05, 3.63) is 114 Å². The monoisotopic (exact) mass is 407 g/mol. The second-order valence-electron chi connectivity index (χ2n) is 7.54. The number of fused-ring (bicyclic) bond motifs is 1. The average molecular weight is 407 g/mol. The standard InChI is InChI=1S/C26H21N3O2/c30-26(31)25-15-23(27-29(25)17-20-11-5-2-6-12-20)22-18-28(16-19-9-3-1-4-10-19)24-14-8-7-13-21(22)24/h1-15,18H,16-17H2,(H,30,31). The van der Waals surface area contributed by atoms with Crippen LogP contribution in [0.4, 0.5) is 0 Å². The highest BCUT2D eigenvalue weighted by Gasteiger charge is 2.19. The molecule has 3 aromatic carbocycles. The number of benzene rings is 3. The topological polar surface area (TPSA) is 60.0 Å². The third-order valence-corrected chi connectivity index (χ3v) is 5.43. The Morgan fingerprint density at radius 1 is 0.806 bits per heavy atom.